The van der Waals surface area contributed by atoms with Gasteiger partial charge in [-0.05, 0) is 72.7 Å². The van der Waals surface area contributed by atoms with Crippen LogP contribution in [0.3, 0.4) is 0 Å². The summed E-state index contributed by atoms with van der Waals surface area (Å²) in [5.74, 6) is -1.56. The van der Waals surface area contributed by atoms with Crippen LogP contribution in [0.1, 0.15) is 41.1 Å². The number of carbonyl (C=O) groups is 2. The molecular weight excluding hydrogens is 446 g/mol. The Hall–Kier alpha value is -3.84. The molecule has 7 heteroatoms. The van der Waals surface area contributed by atoms with Crippen LogP contribution >= 0.6 is 11.3 Å². The summed E-state index contributed by atoms with van der Waals surface area (Å²) in [6.45, 7) is 0. The first-order valence-electron chi connectivity index (χ1n) is 11.3. The number of aliphatic hydroxyl groups is 1. The van der Waals surface area contributed by atoms with E-state index in [2.05, 4.69) is 9.97 Å². The van der Waals surface area contributed by atoms with Crippen LogP contribution in [0.4, 0.5) is 5.13 Å². The molecule has 1 aliphatic heterocycles. The van der Waals surface area contributed by atoms with Crippen LogP contribution < -0.4 is 4.90 Å². The molecule has 0 bridgehead atoms. The molecule has 0 radical (unpaired) electrons. The second-order valence-electron chi connectivity index (χ2n) is 8.60. The smallest absolute Gasteiger partial charge is 0.301 e. The summed E-state index contributed by atoms with van der Waals surface area (Å²) in [7, 11) is 0. The van der Waals surface area contributed by atoms with Gasteiger partial charge in [0, 0.05) is 18.0 Å². The fraction of sp³-hybridized carbons (Fsp3) is 0.185. The van der Waals surface area contributed by atoms with E-state index in [0.717, 1.165) is 35.9 Å². The summed E-state index contributed by atoms with van der Waals surface area (Å²) in [4.78, 5) is 36.8. The fourth-order valence-electron chi connectivity index (χ4n) is 4.89. The van der Waals surface area contributed by atoms with E-state index in [1.807, 2.05) is 42.5 Å². The highest BCUT2D eigenvalue weighted by molar-refractivity contribution is 7.22. The van der Waals surface area contributed by atoms with Crippen molar-refractivity contribution in [2.24, 2.45) is 0 Å². The fourth-order valence-corrected chi connectivity index (χ4v) is 5.88. The number of thiazole rings is 1. The van der Waals surface area contributed by atoms with Gasteiger partial charge in [0.25, 0.3) is 5.78 Å². The molecule has 0 saturated carbocycles. The van der Waals surface area contributed by atoms with Gasteiger partial charge in [-0.2, -0.15) is 0 Å². The highest BCUT2D eigenvalue weighted by Crippen LogP contribution is 2.44. The Morgan fingerprint density at radius 2 is 1.74 bits per heavy atom. The normalized spacial score (nSPS) is 19.5. The zero-order valence-corrected chi connectivity index (χ0v) is 19.1. The van der Waals surface area contributed by atoms with E-state index in [4.69, 9.17) is 0 Å². The maximum atomic E-state index is 13.3. The number of para-hydroxylation sites is 1. The molecular formula is C27H21N3O3S. The molecule has 1 amide bonds. The SMILES string of the molecule is O=C1C(=O)N(c2nc3ccccc3s2)C(c2ccncc2)/C1=C(\O)c1ccc2c(c1)CCCC2. The molecule has 168 valence electrons. The predicted molar refractivity (Wildman–Crippen MR) is 132 cm³/mol. The van der Waals surface area contributed by atoms with Crippen LogP contribution in [-0.2, 0) is 22.4 Å². The molecule has 1 fully saturated rings. The number of benzene rings is 2. The van der Waals surface area contributed by atoms with Gasteiger partial charge >= 0.3 is 5.91 Å². The summed E-state index contributed by atoms with van der Waals surface area (Å²) in [6, 6.07) is 16.2. The maximum Gasteiger partial charge on any atom is 0.301 e. The van der Waals surface area contributed by atoms with E-state index in [1.54, 1.807) is 24.5 Å². The number of rotatable bonds is 3. The van der Waals surface area contributed by atoms with Crippen molar-refractivity contribution in [1.82, 2.24) is 9.97 Å². The van der Waals surface area contributed by atoms with Gasteiger partial charge in [0.15, 0.2) is 5.13 Å². The van der Waals surface area contributed by atoms with Crippen LogP contribution in [0.5, 0.6) is 0 Å². The van der Waals surface area contributed by atoms with Crippen molar-refractivity contribution in [3.8, 4) is 0 Å². The van der Waals surface area contributed by atoms with Crippen LogP contribution in [0.15, 0.2) is 72.6 Å². The van der Waals surface area contributed by atoms with Crippen molar-refractivity contribution in [2.45, 2.75) is 31.7 Å². The lowest BCUT2D eigenvalue weighted by atomic mass is 9.89. The molecule has 2 aromatic carbocycles. The number of nitrogens with zero attached hydrogens (tertiary/aromatic N) is 3. The Morgan fingerprint density at radius 3 is 2.53 bits per heavy atom. The molecule has 4 aromatic rings. The standard InChI is InChI=1S/C27H21N3O3S/c31-24(19-10-9-16-5-1-2-6-18(16)15-19)22-23(17-11-13-28-14-12-17)30(26(33)25(22)32)27-29-20-7-3-4-8-21(20)34-27/h3-4,7-15,23,31H,1-2,5-6H2/b24-22+. The van der Waals surface area contributed by atoms with Crippen LogP contribution in [0.2, 0.25) is 0 Å². The molecule has 2 aliphatic rings. The van der Waals surface area contributed by atoms with Gasteiger partial charge in [0.05, 0.1) is 21.8 Å². The molecule has 1 unspecified atom stereocenters. The average Bonchev–Trinajstić information content (AvgIpc) is 3.42. The molecule has 1 atom stereocenters. The molecule has 1 aliphatic carbocycles. The Kier molecular flexibility index (Phi) is 4.99. The van der Waals surface area contributed by atoms with Crippen LogP contribution in [-0.4, -0.2) is 26.8 Å². The monoisotopic (exact) mass is 467 g/mol. The number of pyridine rings is 1. The second-order valence-corrected chi connectivity index (χ2v) is 9.61. The van der Waals surface area contributed by atoms with Gasteiger partial charge < -0.3 is 5.11 Å². The Balaban J connectivity index is 1.53. The highest BCUT2D eigenvalue weighted by atomic mass is 32.1. The number of aryl methyl sites for hydroxylation is 2. The van der Waals surface area contributed by atoms with Crippen molar-refractivity contribution in [3.05, 3.63) is 94.8 Å². The van der Waals surface area contributed by atoms with E-state index in [9.17, 15) is 14.7 Å². The molecule has 1 saturated heterocycles. The number of amides is 1. The summed E-state index contributed by atoms with van der Waals surface area (Å²) in [6.07, 6.45) is 7.48. The van der Waals surface area contributed by atoms with Crippen molar-refractivity contribution < 1.29 is 14.7 Å². The molecule has 34 heavy (non-hydrogen) atoms. The van der Waals surface area contributed by atoms with E-state index >= 15 is 0 Å². The van der Waals surface area contributed by atoms with Gasteiger partial charge in [0.2, 0.25) is 0 Å². The highest BCUT2D eigenvalue weighted by Gasteiger charge is 2.48. The number of ketones is 1. The number of fused-ring (bicyclic) bond motifs is 2. The number of hydrogen-bond acceptors (Lipinski definition) is 6. The van der Waals surface area contributed by atoms with Gasteiger partial charge in [-0.3, -0.25) is 19.5 Å². The number of Topliss-reactive ketones (excluding diaryl/α,β-unsaturated/α-hetero) is 1. The summed E-state index contributed by atoms with van der Waals surface area (Å²) in [5.41, 5.74) is 4.55. The van der Waals surface area contributed by atoms with Crippen LogP contribution in [0, 0.1) is 0 Å². The lowest BCUT2D eigenvalue weighted by molar-refractivity contribution is -0.132. The Morgan fingerprint density at radius 1 is 0.971 bits per heavy atom. The lowest BCUT2D eigenvalue weighted by Crippen LogP contribution is -2.29. The third kappa shape index (κ3) is 3.31. The number of carbonyl (C=O) groups excluding carboxylic acids is 2. The number of aliphatic hydroxyl groups excluding tert-OH is 1. The Bertz CT molecular complexity index is 1440. The second kappa shape index (κ2) is 8.18. The summed E-state index contributed by atoms with van der Waals surface area (Å²) in [5, 5.41) is 11.8. The van der Waals surface area contributed by atoms with Crippen molar-refractivity contribution in [3.63, 3.8) is 0 Å². The van der Waals surface area contributed by atoms with Gasteiger partial charge in [-0.15, -0.1) is 0 Å². The maximum absolute atomic E-state index is 13.3. The summed E-state index contributed by atoms with van der Waals surface area (Å²) < 4.78 is 0.919. The molecule has 3 heterocycles. The molecule has 6 rings (SSSR count). The van der Waals surface area contributed by atoms with E-state index in [-0.39, 0.29) is 11.3 Å². The van der Waals surface area contributed by atoms with Gasteiger partial charge in [-0.25, -0.2) is 4.98 Å². The third-order valence-corrected chi connectivity index (χ3v) is 7.61. The molecule has 6 nitrogen and oxygen atoms in total. The largest absolute Gasteiger partial charge is 0.507 e. The minimum Gasteiger partial charge on any atom is -0.507 e. The topological polar surface area (TPSA) is 83.4 Å². The van der Waals surface area contributed by atoms with Gasteiger partial charge in [0.1, 0.15) is 5.76 Å². The minimum absolute atomic E-state index is 0.0752. The molecule has 2 aromatic heterocycles. The quantitative estimate of drug-likeness (QED) is 0.254. The van der Waals surface area contributed by atoms with E-state index < -0.39 is 17.7 Å². The van der Waals surface area contributed by atoms with Crippen molar-refractivity contribution in [2.75, 3.05) is 4.90 Å². The van der Waals surface area contributed by atoms with E-state index in [0.29, 0.717) is 16.3 Å². The minimum atomic E-state index is -0.792. The zero-order chi connectivity index (χ0) is 23.2. The van der Waals surface area contributed by atoms with Gasteiger partial charge in [-0.1, -0.05) is 35.6 Å². The summed E-state index contributed by atoms with van der Waals surface area (Å²) >= 11 is 1.35. The average molecular weight is 468 g/mol. The first-order chi connectivity index (χ1) is 16.6. The van der Waals surface area contributed by atoms with Crippen molar-refractivity contribution in [1.29, 1.82) is 0 Å². The van der Waals surface area contributed by atoms with Crippen LogP contribution in [0.25, 0.3) is 16.0 Å². The first kappa shape index (κ1) is 20.7. The third-order valence-electron chi connectivity index (χ3n) is 6.58. The number of hydrogen-bond donors (Lipinski definition) is 1. The van der Waals surface area contributed by atoms with Crippen molar-refractivity contribution >= 4 is 44.1 Å². The lowest BCUT2D eigenvalue weighted by Gasteiger charge is -2.23. The molecule has 1 N–H and O–H groups in total. The number of anilines is 1. The van der Waals surface area contributed by atoms with E-state index in [1.165, 1.54) is 27.4 Å². The number of aromatic nitrogens is 2. The first-order valence-corrected chi connectivity index (χ1v) is 12.1. The molecule has 0 spiro atoms. The Labute approximate surface area is 200 Å². The zero-order valence-electron chi connectivity index (χ0n) is 18.3. The predicted octanol–water partition coefficient (Wildman–Crippen LogP) is 5.20.